The lowest BCUT2D eigenvalue weighted by Crippen LogP contribution is -2.28. The molecule has 0 unspecified atom stereocenters. The van der Waals surface area contributed by atoms with Gasteiger partial charge < -0.3 is 15.5 Å². The first-order valence-electron chi connectivity index (χ1n) is 5.41. The van der Waals surface area contributed by atoms with Gasteiger partial charge >= 0.3 is 0 Å². The standard InChI is InChI=1S/C9H18N4O3S/c1-2-8-11-7-9(13-8)17(14,15)12-4-6-16-5-3-10/h7,12H,2-6,10H2,1H3,(H,11,13). The van der Waals surface area contributed by atoms with E-state index in [1.807, 2.05) is 6.92 Å². The highest BCUT2D eigenvalue weighted by Crippen LogP contribution is 2.05. The Morgan fingerprint density at radius 2 is 2.29 bits per heavy atom. The Labute approximate surface area is 101 Å². The first-order chi connectivity index (χ1) is 8.10. The molecule has 1 rings (SSSR count). The number of nitrogens with two attached hydrogens (primary N) is 1. The third kappa shape index (κ3) is 4.43. The Balaban J connectivity index is 2.45. The number of imidazole rings is 1. The average Bonchev–Trinajstić information content (AvgIpc) is 2.78. The van der Waals surface area contributed by atoms with E-state index in [4.69, 9.17) is 10.5 Å². The van der Waals surface area contributed by atoms with E-state index in [2.05, 4.69) is 14.7 Å². The highest BCUT2D eigenvalue weighted by molar-refractivity contribution is 7.89. The van der Waals surface area contributed by atoms with Gasteiger partial charge in [0.1, 0.15) is 5.82 Å². The molecule has 0 aromatic carbocycles. The molecule has 1 heterocycles. The van der Waals surface area contributed by atoms with E-state index in [0.29, 0.717) is 32.0 Å². The lowest BCUT2D eigenvalue weighted by atomic mass is 10.5. The molecule has 0 aliphatic heterocycles. The molecule has 1 aromatic heterocycles. The third-order valence-electron chi connectivity index (χ3n) is 2.03. The first kappa shape index (κ1) is 14.1. The van der Waals surface area contributed by atoms with Crippen molar-refractivity contribution in [3.63, 3.8) is 0 Å². The fourth-order valence-corrected chi connectivity index (χ4v) is 2.12. The van der Waals surface area contributed by atoms with E-state index >= 15 is 0 Å². The number of hydrogen-bond donors (Lipinski definition) is 3. The Morgan fingerprint density at radius 1 is 1.53 bits per heavy atom. The summed E-state index contributed by atoms with van der Waals surface area (Å²) in [5.74, 6) is 0.643. The van der Waals surface area contributed by atoms with Crippen LogP contribution in [0.4, 0.5) is 0 Å². The topological polar surface area (TPSA) is 110 Å². The summed E-state index contributed by atoms with van der Waals surface area (Å²) in [6, 6.07) is 0. The normalized spacial score (nSPS) is 11.9. The molecule has 0 bridgehead atoms. The van der Waals surface area contributed by atoms with Crippen molar-refractivity contribution in [1.29, 1.82) is 0 Å². The zero-order valence-electron chi connectivity index (χ0n) is 9.77. The summed E-state index contributed by atoms with van der Waals surface area (Å²) < 4.78 is 30.9. The summed E-state index contributed by atoms with van der Waals surface area (Å²) in [7, 11) is -3.52. The Morgan fingerprint density at radius 3 is 2.88 bits per heavy atom. The van der Waals surface area contributed by atoms with E-state index in [-0.39, 0.29) is 11.6 Å². The predicted molar refractivity (Wildman–Crippen MR) is 63.0 cm³/mol. The van der Waals surface area contributed by atoms with Crippen molar-refractivity contribution in [3.8, 4) is 0 Å². The van der Waals surface area contributed by atoms with Gasteiger partial charge in [-0.15, -0.1) is 0 Å². The van der Waals surface area contributed by atoms with Crippen molar-refractivity contribution in [2.45, 2.75) is 18.4 Å². The van der Waals surface area contributed by atoms with Crippen molar-refractivity contribution < 1.29 is 13.2 Å². The van der Waals surface area contributed by atoms with Crippen LogP contribution in [0.3, 0.4) is 0 Å². The maximum absolute atomic E-state index is 11.7. The summed E-state index contributed by atoms with van der Waals surface area (Å²) in [5.41, 5.74) is 5.23. The van der Waals surface area contributed by atoms with Crippen LogP contribution in [0.2, 0.25) is 0 Å². The van der Waals surface area contributed by atoms with Gasteiger partial charge in [-0.2, -0.15) is 0 Å². The number of H-pyrrole nitrogens is 1. The third-order valence-corrected chi connectivity index (χ3v) is 3.40. The second kappa shape index (κ2) is 6.70. The van der Waals surface area contributed by atoms with Crippen LogP contribution in [0.1, 0.15) is 12.7 Å². The van der Waals surface area contributed by atoms with Crippen LogP contribution in [0, 0.1) is 0 Å². The van der Waals surface area contributed by atoms with Gasteiger partial charge in [-0.3, -0.25) is 0 Å². The van der Waals surface area contributed by atoms with Gasteiger partial charge in [-0.05, 0) is 0 Å². The lowest BCUT2D eigenvalue weighted by Gasteiger charge is -2.05. The number of aryl methyl sites for hydroxylation is 1. The fraction of sp³-hybridized carbons (Fsp3) is 0.667. The molecule has 4 N–H and O–H groups in total. The zero-order valence-corrected chi connectivity index (χ0v) is 10.6. The van der Waals surface area contributed by atoms with Crippen molar-refractivity contribution in [1.82, 2.24) is 14.7 Å². The monoisotopic (exact) mass is 262 g/mol. The molecule has 8 heteroatoms. The van der Waals surface area contributed by atoms with Gasteiger partial charge in [0, 0.05) is 19.5 Å². The van der Waals surface area contributed by atoms with E-state index < -0.39 is 10.0 Å². The number of rotatable bonds is 8. The molecule has 98 valence electrons. The molecule has 0 amide bonds. The van der Waals surface area contributed by atoms with Crippen molar-refractivity contribution >= 4 is 10.0 Å². The number of ether oxygens (including phenoxy) is 1. The second-order valence-corrected chi connectivity index (χ2v) is 5.08. The van der Waals surface area contributed by atoms with Crippen LogP contribution in [-0.4, -0.2) is 44.7 Å². The van der Waals surface area contributed by atoms with Gasteiger partial charge in [0.2, 0.25) is 0 Å². The average molecular weight is 262 g/mol. The minimum absolute atomic E-state index is 0.0770. The number of nitrogens with zero attached hydrogens (tertiary/aromatic N) is 1. The summed E-state index contributed by atoms with van der Waals surface area (Å²) in [6.45, 7) is 3.25. The summed E-state index contributed by atoms with van der Waals surface area (Å²) in [6.07, 6.45) is 1.97. The van der Waals surface area contributed by atoms with E-state index in [9.17, 15) is 8.42 Å². The quantitative estimate of drug-likeness (QED) is 0.533. The molecule has 1 aromatic rings. The number of aromatic nitrogens is 2. The van der Waals surface area contributed by atoms with Gasteiger partial charge in [0.05, 0.1) is 19.4 Å². The maximum atomic E-state index is 11.7. The van der Waals surface area contributed by atoms with E-state index in [0.717, 1.165) is 0 Å². The molecule has 0 atom stereocenters. The molecule has 0 saturated carbocycles. The summed E-state index contributed by atoms with van der Waals surface area (Å²) in [5, 5.41) is 0.0770. The molecule has 0 saturated heterocycles. The van der Waals surface area contributed by atoms with Gasteiger partial charge in [-0.1, -0.05) is 6.92 Å². The lowest BCUT2D eigenvalue weighted by molar-refractivity contribution is 0.147. The van der Waals surface area contributed by atoms with Crippen LogP contribution < -0.4 is 10.5 Å². The smallest absolute Gasteiger partial charge is 0.257 e. The van der Waals surface area contributed by atoms with Gasteiger partial charge in [0.15, 0.2) is 5.03 Å². The SMILES string of the molecule is CCc1ncc(S(=O)(=O)NCCOCCN)[nH]1. The number of aromatic amines is 1. The number of nitrogens with one attached hydrogen (secondary N) is 2. The van der Waals surface area contributed by atoms with Crippen molar-refractivity contribution in [3.05, 3.63) is 12.0 Å². The van der Waals surface area contributed by atoms with Crippen LogP contribution in [0.15, 0.2) is 11.2 Å². The fourth-order valence-electron chi connectivity index (χ4n) is 1.17. The summed E-state index contributed by atoms with van der Waals surface area (Å²) in [4.78, 5) is 6.67. The maximum Gasteiger partial charge on any atom is 0.257 e. The molecule has 7 nitrogen and oxygen atoms in total. The predicted octanol–water partition coefficient (Wildman–Crippen LogP) is -0.774. The minimum atomic E-state index is -3.52. The Bertz CT molecular complexity index is 429. The van der Waals surface area contributed by atoms with Crippen molar-refractivity contribution in [2.24, 2.45) is 5.73 Å². The van der Waals surface area contributed by atoms with Crippen LogP contribution in [0.25, 0.3) is 0 Å². The van der Waals surface area contributed by atoms with Crippen molar-refractivity contribution in [2.75, 3.05) is 26.3 Å². The molecule has 0 aliphatic rings. The van der Waals surface area contributed by atoms with E-state index in [1.165, 1.54) is 6.20 Å². The number of sulfonamides is 1. The Kier molecular flexibility index (Phi) is 5.56. The second-order valence-electron chi connectivity index (χ2n) is 3.35. The number of hydrogen-bond acceptors (Lipinski definition) is 5. The van der Waals surface area contributed by atoms with E-state index in [1.54, 1.807) is 0 Å². The molecular formula is C9H18N4O3S. The molecular weight excluding hydrogens is 244 g/mol. The highest BCUT2D eigenvalue weighted by Gasteiger charge is 2.15. The molecule has 17 heavy (non-hydrogen) atoms. The van der Waals surface area contributed by atoms with Crippen LogP contribution >= 0.6 is 0 Å². The van der Waals surface area contributed by atoms with Gasteiger partial charge in [-0.25, -0.2) is 18.1 Å². The largest absolute Gasteiger partial charge is 0.379 e. The first-order valence-corrected chi connectivity index (χ1v) is 6.90. The molecule has 0 spiro atoms. The minimum Gasteiger partial charge on any atom is -0.379 e. The van der Waals surface area contributed by atoms with Gasteiger partial charge in [0.25, 0.3) is 10.0 Å². The summed E-state index contributed by atoms with van der Waals surface area (Å²) >= 11 is 0. The van der Waals surface area contributed by atoms with Crippen LogP contribution in [0.5, 0.6) is 0 Å². The molecule has 0 aliphatic carbocycles. The highest BCUT2D eigenvalue weighted by atomic mass is 32.2. The zero-order chi connectivity index (χ0) is 12.7. The molecule has 0 radical (unpaired) electrons. The Hall–Kier alpha value is -0.960. The van der Waals surface area contributed by atoms with Crippen LogP contribution in [-0.2, 0) is 21.2 Å². The molecule has 0 fully saturated rings.